The number of hydrogen-bond acceptors (Lipinski definition) is 7. The summed E-state index contributed by atoms with van der Waals surface area (Å²) in [4.78, 5) is 21.2. The van der Waals surface area contributed by atoms with Crippen molar-refractivity contribution < 1.29 is 18.8 Å². The molecule has 0 aliphatic carbocycles. The molecular weight excluding hydrogens is 396 g/mol. The van der Waals surface area contributed by atoms with E-state index in [1.165, 1.54) is 0 Å². The molecule has 8 heteroatoms. The lowest BCUT2D eigenvalue weighted by Gasteiger charge is -2.36. The molecule has 2 aromatic carbocycles. The van der Waals surface area contributed by atoms with Crippen LogP contribution in [0.4, 0.5) is 5.69 Å². The minimum absolute atomic E-state index is 0.0980. The van der Waals surface area contributed by atoms with Crippen molar-refractivity contribution in [2.45, 2.75) is 12.8 Å². The average Bonchev–Trinajstić information content (AvgIpc) is 3.32. The third-order valence-corrected chi connectivity index (χ3v) is 5.41. The van der Waals surface area contributed by atoms with Crippen LogP contribution in [-0.4, -0.2) is 61.3 Å². The highest BCUT2D eigenvalue weighted by Crippen LogP contribution is 2.28. The Morgan fingerprint density at radius 2 is 1.84 bits per heavy atom. The second kappa shape index (κ2) is 9.51. The van der Waals surface area contributed by atoms with Gasteiger partial charge in [-0.05, 0) is 24.3 Å². The van der Waals surface area contributed by atoms with Crippen LogP contribution in [0, 0.1) is 0 Å². The summed E-state index contributed by atoms with van der Waals surface area (Å²) in [7, 11) is 3.29. The van der Waals surface area contributed by atoms with Gasteiger partial charge in [0, 0.05) is 44.6 Å². The first kappa shape index (κ1) is 20.7. The summed E-state index contributed by atoms with van der Waals surface area (Å²) in [5.41, 5.74) is 1.88. The number of para-hydroxylation sites is 2. The molecule has 1 amide bonds. The highest BCUT2D eigenvalue weighted by molar-refractivity contribution is 5.76. The zero-order chi connectivity index (χ0) is 21.6. The Kier molecular flexibility index (Phi) is 6.35. The lowest BCUT2D eigenvalue weighted by Crippen LogP contribution is -2.48. The van der Waals surface area contributed by atoms with E-state index in [9.17, 15) is 4.79 Å². The van der Waals surface area contributed by atoms with Gasteiger partial charge in [-0.1, -0.05) is 29.4 Å². The van der Waals surface area contributed by atoms with Crippen molar-refractivity contribution in [3.05, 3.63) is 54.4 Å². The predicted octanol–water partition coefficient (Wildman–Crippen LogP) is 3.04. The summed E-state index contributed by atoms with van der Waals surface area (Å²) in [6.45, 7) is 2.89. The molecule has 1 aliphatic heterocycles. The Balaban J connectivity index is 1.30. The molecule has 0 radical (unpaired) electrons. The molecule has 162 valence electrons. The molecule has 0 atom stereocenters. The summed E-state index contributed by atoms with van der Waals surface area (Å²) in [6.07, 6.45) is 0.761. The van der Waals surface area contributed by atoms with Crippen LogP contribution >= 0.6 is 0 Å². The maximum Gasteiger partial charge on any atom is 0.227 e. The van der Waals surface area contributed by atoms with E-state index in [0.29, 0.717) is 37.6 Å². The number of aryl methyl sites for hydroxylation is 1. The van der Waals surface area contributed by atoms with Crippen molar-refractivity contribution in [2.75, 3.05) is 45.3 Å². The molecular formula is C23H26N4O4. The lowest BCUT2D eigenvalue weighted by atomic mass is 10.2. The van der Waals surface area contributed by atoms with E-state index in [-0.39, 0.29) is 5.91 Å². The number of aromatic nitrogens is 2. The number of amides is 1. The van der Waals surface area contributed by atoms with E-state index in [2.05, 4.69) is 15.0 Å². The summed E-state index contributed by atoms with van der Waals surface area (Å²) >= 11 is 0. The van der Waals surface area contributed by atoms with Crippen molar-refractivity contribution in [1.82, 2.24) is 15.0 Å². The number of carbonyl (C=O) groups excluding carboxylic acids is 1. The largest absolute Gasteiger partial charge is 0.497 e. The van der Waals surface area contributed by atoms with E-state index in [1.54, 1.807) is 14.2 Å². The molecule has 2 heterocycles. The normalized spacial score (nSPS) is 13.9. The predicted molar refractivity (Wildman–Crippen MR) is 116 cm³/mol. The van der Waals surface area contributed by atoms with Gasteiger partial charge in [-0.3, -0.25) is 4.79 Å². The van der Waals surface area contributed by atoms with Gasteiger partial charge in [0.25, 0.3) is 0 Å². The van der Waals surface area contributed by atoms with Crippen molar-refractivity contribution in [3.8, 4) is 22.9 Å². The lowest BCUT2D eigenvalue weighted by molar-refractivity contribution is -0.131. The van der Waals surface area contributed by atoms with E-state index in [1.807, 2.05) is 53.4 Å². The molecule has 0 bridgehead atoms. The molecule has 0 spiro atoms. The van der Waals surface area contributed by atoms with Crippen molar-refractivity contribution in [1.29, 1.82) is 0 Å². The Morgan fingerprint density at radius 3 is 2.61 bits per heavy atom. The fourth-order valence-corrected chi connectivity index (χ4v) is 3.70. The number of ether oxygens (including phenoxy) is 2. The van der Waals surface area contributed by atoms with Gasteiger partial charge in [-0.2, -0.15) is 4.98 Å². The molecule has 1 aromatic heterocycles. The summed E-state index contributed by atoms with van der Waals surface area (Å²) in [5.74, 6) is 2.63. The number of benzene rings is 2. The summed E-state index contributed by atoms with van der Waals surface area (Å²) in [6, 6.07) is 15.4. The molecule has 3 aromatic rings. The minimum Gasteiger partial charge on any atom is -0.497 e. The highest BCUT2D eigenvalue weighted by atomic mass is 16.5. The Hall–Kier alpha value is -3.55. The van der Waals surface area contributed by atoms with Gasteiger partial charge in [0.2, 0.25) is 17.6 Å². The van der Waals surface area contributed by atoms with Crippen LogP contribution in [0.3, 0.4) is 0 Å². The number of piperazine rings is 1. The first-order chi connectivity index (χ1) is 15.2. The molecule has 4 rings (SSSR count). The van der Waals surface area contributed by atoms with Gasteiger partial charge in [-0.15, -0.1) is 0 Å². The van der Waals surface area contributed by atoms with Crippen molar-refractivity contribution in [2.24, 2.45) is 0 Å². The second-order valence-corrected chi connectivity index (χ2v) is 7.28. The van der Waals surface area contributed by atoms with Crippen molar-refractivity contribution in [3.63, 3.8) is 0 Å². The van der Waals surface area contributed by atoms with Gasteiger partial charge in [0.1, 0.15) is 11.5 Å². The van der Waals surface area contributed by atoms with E-state index >= 15 is 0 Å². The van der Waals surface area contributed by atoms with Gasteiger partial charge in [-0.25, -0.2) is 0 Å². The second-order valence-electron chi connectivity index (χ2n) is 7.28. The third kappa shape index (κ3) is 4.79. The van der Waals surface area contributed by atoms with Crippen LogP contribution in [0.1, 0.15) is 12.3 Å². The summed E-state index contributed by atoms with van der Waals surface area (Å²) in [5, 5.41) is 4.03. The fraction of sp³-hybridized carbons (Fsp3) is 0.348. The topological polar surface area (TPSA) is 80.9 Å². The molecule has 8 nitrogen and oxygen atoms in total. The molecule has 0 saturated carbocycles. The quantitative estimate of drug-likeness (QED) is 0.579. The number of methoxy groups -OCH3 is 2. The van der Waals surface area contributed by atoms with E-state index < -0.39 is 0 Å². The smallest absolute Gasteiger partial charge is 0.227 e. The molecule has 1 saturated heterocycles. The number of carbonyl (C=O) groups is 1. The van der Waals surface area contributed by atoms with Crippen LogP contribution in [0.15, 0.2) is 53.1 Å². The van der Waals surface area contributed by atoms with Crippen LogP contribution in [0.2, 0.25) is 0 Å². The SMILES string of the molecule is COc1cccc(-c2noc(CCC(=O)N3CCN(c4ccccc4OC)CC3)n2)c1. The molecule has 1 fully saturated rings. The van der Waals surface area contributed by atoms with Gasteiger partial charge >= 0.3 is 0 Å². The van der Waals surface area contributed by atoms with Crippen molar-refractivity contribution >= 4 is 11.6 Å². The molecule has 1 aliphatic rings. The Bertz CT molecular complexity index is 1030. The maximum atomic E-state index is 12.7. The minimum atomic E-state index is 0.0980. The zero-order valence-electron chi connectivity index (χ0n) is 17.8. The monoisotopic (exact) mass is 422 g/mol. The average molecular weight is 422 g/mol. The number of nitrogens with zero attached hydrogens (tertiary/aromatic N) is 4. The van der Waals surface area contributed by atoms with Crippen LogP contribution in [0.25, 0.3) is 11.4 Å². The van der Waals surface area contributed by atoms with Crippen LogP contribution in [0.5, 0.6) is 11.5 Å². The number of anilines is 1. The van der Waals surface area contributed by atoms with E-state index in [4.69, 9.17) is 14.0 Å². The van der Waals surface area contributed by atoms with Gasteiger partial charge in [0.15, 0.2) is 0 Å². The fourth-order valence-electron chi connectivity index (χ4n) is 3.70. The molecule has 31 heavy (non-hydrogen) atoms. The number of rotatable bonds is 7. The maximum absolute atomic E-state index is 12.7. The molecule has 0 N–H and O–H groups in total. The highest BCUT2D eigenvalue weighted by Gasteiger charge is 2.23. The standard InChI is InChI=1S/C23H26N4O4/c1-29-18-7-5-6-17(16-18)23-24-21(31-25-23)10-11-22(28)27-14-12-26(13-15-27)19-8-3-4-9-20(19)30-2/h3-9,16H,10-15H2,1-2H3. The first-order valence-electron chi connectivity index (χ1n) is 10.3. The number of hydrogen-bond donors (Lipinski definition) is 0. The molecule has 0 unspecified atom stereocenters. The van der Waals surface area contributed by atoms with Gasteiger partial charge in [0.05, 0.1) is 19.9 Å². The Labute approximate surface area is 181 Å². The van der Waals surface area contributed by atoms with Crippen LogP contribution < -0.4 is 14.4 Å². The van der Waals surface area contributed by atoms with Gasteiger partial charge < -0.3 is 23.8 Å². The van der Waals surface area contributed by atoms with E-state index in [0.717, 1.165) is 35.8 Å². The summed E-state index contributed by atoms with van der Waals surface area (Å²) < 4.78 is 16.0. The Morgan fingerprint density at radius 1 is 1.03 bits per heavy atom. The third-order valence-electron chi connectivity index (χ3n) is 5.41. The zero-order valence-corrected chi connectivity index (χ0v) is 17.8. The first-order valence-corrected chi connectivity index (χ1v) is 10.3. The van der Waals surface area contributed by atoms with Crippen LogP contribution in [-0.2, 0) is 11.2 Å².